The monoisotopic (exact) mass is 212 g/mol. The fraction of sp³-hybridized carbons (Fsp3) is 0.333. The van der Waals surface area contributed by atoms with Gasteiger partial charge < -0.3 is 0 Å². The van der Waals surface area contributed by atoms with Crippen molar-refractivity contribution in [3.63, 3.8) is 0 Å². The van der Waals surface area contributed by atoms with Gasteiger partial charge in [-0.1, -0.05) is 42.0 Å². The summed E-state index contributed by atoms with van der Waals surface area (Å²) in [5, 5.41) is 0. The molecule has 1 atom stereocenters. The maximum absolute atomic E-state index is 12.2. The standard InChI is InChI=1S/C12H11F3/c13-12(14,15)11-8-10(11)7-6-9-4-2-1-3-5-9/h1-5,8,11H,6-7H2/t11-/m1/s1. The second-order valence-electron chi connectivity index (χ2n) is 3.75. The molecule has 1 aromatic carbocycles. The highest BCUT2D eigenvalue weighted by Crippen LogP contribution is 2.45. The van der Waals surface area contributed by atoms with E-state index in [1.54, 1.807) is 0 Å². The van der Waals surface area contributed by atoms with Crippen LogP contribution < -0.4 is 0 Å². The zero-order valence-corrected chi connectivity index (χ0v) is 8.09. The number of benzene rings is 1. The van der Waals surface area contributed by atoms with Gasteiger partial charge in [-0.2, -0.15) is 13.2 Å². The van der Waals surface area contributed by atoms with Gasteiger partial charge in [-0.25, -0.2) is 0 Å². The van der Waals surface area contributed by atoms with E-state index in [1.165, 1.54) is 6.08 Å². The Morgan fingerprint density at radius 3 is 2.20 bits per heavy atom. The molecule has 0 saturated carbocycles. The summed E-state index contributed by atoms with van der Waals surface area (Å²) in [6.07, 6.45) is -1.54. The van der Waals surface area contributed by atoms with E-state index >= 15 is 0 Å². The van der Waals surface area contributed by atoms with Crippen molar-refractivity contribution in [3.05, 3.63) is 47.5 Å². The number of allylic oxidation sites excluding steroid dienone is 2. The number of alkyl halides is 3. The average Bonchev–Trinajstić information content (AvgIpc) is 2.95. The van der Waals surface area contributed by atoms with E-state index in [1.807, 2.05) is 30.3 Å². The third-order valence-corrected chi connectivity index (χ3v) is 2.57. The predicted molar refractivity (Wildman–Crippen MR) is 52.4 cm³/mol. The van der Waals surface area contributed by atoms with Crippen LogP contribution in [0.1, 0.15) is 12.0 Å². The maximum atomic E-state index is 12.2. The van der Waals surface area contributed by atoms with Gasteiger partial charge >= 0.3 is 6.18 Å². The number of hydrogen-bond acceptors (Lipinski definition) is 0. The maximum Gasteiger partial charge on any atom is 0.398 e. The lowest BCUT2D eigenvalue weighted by Crippen LogP contribution is -2.12. The summed E-state index contributed by atoms with van der Waals surface area (Å²) in [5.41, 5.74) is 1.62. The highest BCUT2D eigenvalue weighted by molar-refractivity contribution is 5.32. The Bertz CT molecular complexity index is 362. The first kappa shape index (κ1) is 10.3. The predicted octanol–water partition coefficient (Wildman–Crippen LogP) is 3.74. The first-order valence-electron chi connectivity index (χ1n) is 4.88. The van der Waals surface area contributed by atoms with Gasteiger partial charge in [0, 0.05) is 0 Å². The molecule has 0 radical (unpaired) electrons. The smallest absolute Gasteiger partial charge is 0.170 e. The van der Waals surface area contributed by atoms with E-state index in [-0.39, 0.29) is 0 Å². The molecule has 1 aromatic rings. The van der Waals surface area contributed by atoms with E-state index in [4.69, 9.17) is 0 Å². The summed E-state index contributed by atoms with van der Waals surface area (Å²) in [7, 11) is 0. The van der Waals surface area contributed by atoms with Crippen LogP contribution in [-0.4, -0.2) is 6.18 Å². The van der Waals surface area contributed by atoms with Gasteiger partial charge in [0.25, 0.3) is 0 Å². The van der Waals surface area contributed by atoms with Crippen molar-refractivity contribution in [3.8, 4) is 0 Å². The summed E-state index contributed by atoms with van der Waals surface area (Å²) < 4.78 is 36.5. The molecule has 0 aromatic heterocycles. The molecule has 0 unspecified atom stereocenters. The molecule has 3 heteroatoms. The summed E-state index contributed by atoms with van der Waals surface area (Å²) in [5.74, 6) is -1.23. The molecule has 1 aliphatic rings. The van der Waals surface area contributed by atoms with E-state index in [0.717, 1.165) is 5.56 Å². The van der Waals surface area contributed by atoms with Gasteiger partial charge in [0.2, 0.25) is 0 Å². The van der Waals surface area contributed by atoms with Crippen LogP contribution in [-0.2, 0) is 6.42 Å². The summed E-state index contributed by atoms with van der Waals surface area (Å²) >= 11 is 0. The lowest BCUT2D eigenvalue weighted by molar-refractivity contribution is -0.142. The zero-order valence-electron chi connectivity index (χ0n) is 8.09. The molecule has 0 nitrogen and oxygen atoms in total. The zero-order chi connectivity index (χ0) is 10.9. The minimum atomic E-state index is -4.06. The van der Waals surface area contributed by atoms with Gasteiger partial charge in [0.1, 0.15) is 0 Å². The highest BCUT2D eigenvalue weighted by atomic mass is 19.4. The Kier molecular flexibility index (Phi) is 2.55. The normalized spacial score (nSPS) is 19.9. The number of halogens is 3. The third-order valence-electron chi connectivity index (χ3n) is 2.57. The van der Waals surface area contributed by atoms with Crippen molar-refractivity contribution >= 4 is 0 Å². The Morgan fingerprint density at radius 1 is 1.00 bits per heavy atom. The van der Waals surface area contributed by atoms with Crippen LogP contribution in [0.25, 0.3) is 0 Å². The Labute approximate surface area is 86.4 Å². The molecule has 15 heavy (non-hydrogen) atoms. The molecule has 1 aliphatic carbocycles. The van der Waals surface area contributed by atoms with Crippen molar-refractivity contribution in [2.45, 2.75) is 19.0 Å². The first-order valence-corrected chi connectivity index (χ1v) is 4.88. The molecule has 80 valence electrons. The quantitative estimate of drug-likeness (QED) is 0.669. The topological polar surface area (TPSA) is 0 Å². The average molecular weight is 212 g/mol. The second-order valence-corrected chi connectivity index (χ2v) is 3.75. The summed E-state index contributed by atoms with van der Waals surface area (Å²) in [6.45, 7) is 0. The minimum absolute atomic E-state index is 0.522. The third kappa shape index (κ3) is 2.61. The Hall–Kier alpha value is -1.25. The molecule has 0 aliphatic heterocycles. The lowest BCUT2D eigenvalue weighted by Gasteiger charge is -2.05. The summed E-state index contributed by atoms with van der Waals surface area (Å²) in [4.78, 5) is 0. The SMILES string of the molecule is FC(F)(F)[C@@H]1C=C1CCc1ccccc1. The van der Waals surface area contributed by atoms with Gasteiger partial charge in [0.05, 0.1) is 5.92 Å². The number of rotatable bonds is 3. The fourth-order valence-corrected chi connectivity index (χ4v) is 1.64. The molecule has 0 amide bonds. The minimum Gasteiger partial charge on any atom is -0.170 e. The number of aryl methyl sites for hydroxylation is 1. The van der Waals surface area contributed by atoms with Crippen LogP contribution in [0.15, 0.2) is 42.0 Å². The van der Waals surface area contributed by atoms with E-state index in [2.05, 4.69) is 0 Å². The van der Waals surface area contributed by atoms with Crippen molar-refractivity contribution in [2.75, 3.05) is 0 Å². The second kappa shape index (κ2) is 3.72. The molecular formula is C12H11F3. The largest absolute Gasteiger partial charge is 0.398 e. The van der Waals surface area contributed by atoms with Gasteiger partial charge in [-0.3, -0.25) is 0 Å². The van der Waals surface area contributed by atoms with Gasteiger partial charge in [0.15, 0.2) is 0 Å². The van der Waals surface area contributed by atoms with Crippen LogP contribution in [0.4, 0.5) is 13.2 Å². The Balaban J connectivity index is 1.80. The van der Waals surface area contributed by atoms with Gasteiger partial charge in [-0.15, -0.1) is 0 Å². The van der Waals surface area contributed by atoms with E-state index in [0.29, 0.717) is 18.4 Å². The fourth-order valence-electron chi connectivity index (χ4n) is 1.64. The first-order chi connectivity index (χ1) is 7.07. The molecule has 2 rings (SSSR count). The molecule has 0 spiro atoms. The van der Waals surface area contributed by atoms with Crippen LogP contribution in [0.5, 0.6) is 0 Å². The van der Waals surface area contributed by atoms with Gasteiger partial charge in [-0.05, 0) is 18.4 Å². The molecule has 0 fully saturated rings. The molecule has 0 saturated heterocycles. The molecule has 0 bridgehead atoms. The van der Waals surface area contributed by atoms with E-state index in [9.17, 15) is 13.2 Å². The molecule has 0 N–H and O–H groups in total. The Morgan fingerprint density at radius 2 is 1.67 bits per heavy atom. The van der Waals surface area contributed by atoms with Crippen molar-refractivity contribution in [2.24, 2.45) is 5.92 Å². The van der Waals surface area contributed by atoms with Crippen molar-refractivity contribution in [1.29, 1.82) is 0 Å². The van der Waals surface area contributed by atoms with Crippen molar-refractivity contribution < 1.29 is 13.2 Å². The number of hydrogen-bond donors (Lipinski definition) is 0. The highest BCUT2D eigenvalue weighted by Gasteiger charge is 2.47. The van der Waals surface area contributed by atoms with Crippen LogP contribution in [0.2, 0.25) is 0 Å². The molecule has 0 heterocycles. The molecular weight excluding hydrogens is 201 g/mol. The van der Waals surface area contributed by atoms with E-state index < -0.39 is 12.1 Å². The lowest BCUT2D eigenvalue weighted by atomic mass is 10.1. The van der Waals surface area contributed by atoms with Crippen LogP contribution in [0.3, 0.4) is 0 Å². The van der Waals surface area contributed by atoms with Crippen LogP contribution >= 0.6 is 0 Å². The van der Waals surface area contributed by atoms with Crippen molar-refractivity contribution in [1.82, 2.24) is 0 Å². The van der Waals surface area contributed by atoms with Crippen LogP contribution in [0, 0.1) is 5.92 Å². The summed E-state index contributed by atoms with van der Waals surface area (Å²) in [6, 6.07) is 9.57.